The van der Waals surface area contributed by atoms with E-state index in [2.05, 4.69) is 5.32 Å². The van der Waals surface area contributed by atoms with Crippen LogP contribution in [0.4, 0.5) is 10.1 Å². The summed E-state index contributed by atoms with van der Waals surface area (Å²) in [7, 11) is 0. The third-order valence-electron chi connectivity index (χ3n) is 3.08. The van der Waals surface area contributed by atoms with Gasteiger partial charge in [0.15, 0.2) is 8.88 Å². The molecule has 1 N–H and O–H groups in total. The lowest BCUT2D eigenvalue weighted by atomic mass is 10.1. The molecule has 0 aliphatic carbocycles. The van der Waals surface area contributed by atoms with Crippen LogP contribution < -0.4 is 10.2 Å². The van der Waals surface area contributed by atoms with Crippen molar-refractivity contribution in [2.45, 2.75) is 0 Å². The standard InChI is InChI=1S/C15H8FIN2O3S/c16-10-3-1-2-4-11(10)19-14(21)9(13(20)18-15(19)23)7-8-5-6-12(17)22-8/h1-7H,(H,18,20,23). The fourth-order valence-corrected chi connectivity index (χ4v) is 2.77. The van der Waals surface area contributed by atoms with Gasteiger partial charge < -0.3 is 4.42 Å². The maximum absolute atomic E-state index is 14.0. The van der Waals surface area contributed by atoms with E-state index in [1.807, 2.05) is 22.6 Å². The number of thiocarbonyl (C=S) groups is 1. The van der Waals surface area contributed by atoms with Gasteiger partial charge in [0.2, 0.25) is 0 Å². The van der Waals surface area contributed by atoms with E-state index in [-0.39, 0.29) is 16.4 Å². The Balaban J connectivity index is 2.04. The van der Waals surface area contributed by atoms with Gasteiger partial charge in [0.05, 0.1) is 5.69 Å². The van der Waals surface area contributed by atoms with Crippen LogP contribution in [0.25, 0.3) is 6.08 Å². The van der Waals surface area contributed by atoms with Crippen molar-refractivity contribution in [3.63, 3.8) is 0 Å². The number of carbonyl (C=O) groups excluding carboxylic acids is 2. The Morgan fingerprint density at radius 1 is 1.22 bits per heavy atom. The first-order valence-electron chi connectivity index (χ1n) is 6.38. The Hall–Kier alpha value is -2.07. The minimum absolute atomic E-state index is 0.0255. The summed E-state index contributed by atoms with van der Waals surface area (Å²) >= 11 is 6.96. The lowest BCUT2D eigenvalue weighted by molar-refractivity contribution is -0.122. The molecule has 0 saturated carbocycles. The summed E-state index contributed by atoms with van der Waals surface area (Å²) < 4.78 is 19.9. The molecule has 23 heavy (non-hydrogen) atoms. The van der Waals surface area contributed by atoms with Crippen LogP contribution in [0.15, 0.2) is 46.4 Å². The van der Waals surface area contributed by atoms with E-state index >= 15 is 0 Å². The second kappa shape index (κ2) is 6.20. The van der Waals surface area contributed by atoms with Gasteiger partial charge in [0, 0.05) is 0 Å². The molecule has 1 aliphatic rings. The predicted molar refractivity (Wildman–Crippen MR) is 94.0 cm³/mol. The van der Waals surface area contributed by atoms with E-state index in [1.54, 1.807) is 18.2 Å². The maximum Gasteiger partial charge on any atom is 0.270 e. The van der Waals surface area contributed by atoms with Crippen molar-refractivity contribution in [3.05, 3.63) is 57.3 Å². The minimum Gasteiger partial charge on any atom is -0.451 e. The fourth-order valence-electron chi connectivity index (χ4n) is 2.06. The van der Waals surface area contributed by atoms with E-state index < -0.39 is 17.6 Å². The van der Waals surface area contributed by atoms with E-state index in [0.717, 1.165) is 4.90 Å². The zero-order chi connectivity index (χ0) is 16.6. The van der Waals surface area contributed by atoms with Crippen molar-refractivity contribution in [1.29, 1.82) is 0 Å². The molecule has 3 rings (SSSR count). The van der Waals surface area contributed by atoms with Crippen LogP contribution in [0.3, 0.4) is 0 Å². The van der Waals surface area contributed by atoms with Crippen LogP contribution >= 0.6 is 34.8 Å². The maximum atomic E-state index is 14.0. The molecule has 2 aromatic rings. The first-order chi connectivity index (χ1) is 11.0. The number of nitrogens with zero attached hydrogens (tertiary/aromatic N) is 1. The van der Waals surface area contributed by atoms with E-state index in [0.29, 0.717) is 9.53 Å². The smallest absolute Gasteiger partial charge is 0.270 e. The van der Waals surface area contributed by atoms with Crippen LogP contribution in [0.5, 0.6) is 0 Å². The molecular formula is C15H8FIN2O3S. The lowest BCUT2D eigenvalue weighted by Crippen LogP contribution is -2.54. The Morgan fingerprint density at radius 3 is 2.61 bits per heavy atom. The molecule has 0 bridgehead atoms. The molecular weight excluding hydrogens is 434 g/mol. The number of hydrogen-bond donors (Lipinski definition) is 1. The third kappa shape index (κ3) is 3.04. The molecule has 116 valence electrons. The Labute approximate surface area is 149 Å². The van der Waals surface area contributed by atoms with Gasteiger partial charge in [0.25, 0.3) is 11.8 Å². The summed E-state index contributed by atoms with van der Waals surface area (Å²) in [5.74, 6) is -1.64. The lowest BCUT2D eigenvalue weighted by Gasteiger charge is -2.28. The van der Waals surface area contributed by atoms with Crippen LogP contribution in [0, 0.1) is 9.58 Å². The quantitative estimate of drug-likeness (QED) is 0.337. The summed E-state index contributed by atoms with van der Waals surface area (Å²) in [6.07, 6.45) is 1.30. The summed E-state index contributed by atoms with van der Waals surface area (Å²) in [5.41, 5.74) is -0.213. The number of para-hydroxylation sites is 1. The highest BCUT2D eigenvalue weighted by molar-refractivity contribution is 14.1. The molecule has 0 radical (unpaired) electrons. The van der Waals surface area contributed by atoms with Gasteiger partial charge in [-0.05, 0) is 65.2 Å². The zero-order valence-corrected chi connectivity index (χ0v) is 14.4. The van der Waals surface area contributed by atoms with Crippen molar-refractivity contribution in [2.24, 2.45) is 0 Å². The minimum atomic E-state index is -0.713. The van der Waals surface area contributed by atoms with Gasteiger partial charge >= 0.3 is 0 Å². The number of furan rings is 1. The predicted octanol–water partition coefficient (Wildman–Crippen LogP) is 2.85. The first kappa shape index (κ1) is 15.8. The highest BCUT2D eigenvalue weighted by Crippen LogP contribution is 2.24. The average Bonchev–Trinajstić information content (AvgIpc) is 2.91. The fraction of sp³-hybridized carbons (Fsp3) is 0. The van der Waals surface area contributed by atoms with Crippen molar-refractivity contribution < 1.29 is 18.4 Å². The van der Waals surface area contributed by atoms with Crippen LogP contribution in [-0.2, 0) is 9.59 Å². The van der Waals surface area contributed by atoms with Crippen molar-refractivity contribution in [1.82, 2.24) is 5.32 Å². The van der Waals surface area contributed by atoms with Crippen LogP contribution in [0.2, 0.25) is 0 Å². The molecule has 0 spiro atoms. The second-order valence-corrected chi connectivity index (χ2v) is 6.00. The van der Waals surface area contributed by atoms with Crippen molar-refractivity contribution >= 4 is 63.5 Å². The number of hydrogen-bond acceptors (Lipinski definition) is 4. The second-order valence-electron chi connectivity index (χ2n) is 4.55. The first-order valence-corrected chi connectivity index (χ1v) is 7.87. The van der Waals surface area contributed by atoms with Crippen molar-refractivity contribution in [2.75, 3.05) is 4.90 Å². The van der Waals surface area contributed by atoms with Gasteiger partial charge in [-0.15, -0.1) is 0 Å². The van der Waals surface area contributed by atoms with Gasteiger partial charge in [-0.3, -0.25) is 14.9 Å². The Morgan fingerprint density at radius 2 is 1.96 bits per heavy atom. The molecule has 1 saturated heterocycles. The molecule has 2 heterocycles. The highest BCUT2D eigenvalue weighted by atomic mass is 127. The molecule has 0 unspecified atom stereocenters. The van der Waals surface area contributed by atoms with E-state index in [9.17, 15) is 14.0 Å². The summed E-state index contributed by atoms with van der Waals surface area (Å²) in [5, 5.41) is 2.21. The average molecular weight is 442 g/mol. The number of nitrogens with one attached hydrogen (secondary N) is 1. The monoisotopic (exact) mass is 442 g/mol. The molecule has 5 nitrogen and oxygen atoms in total. The topological polar surface area (TPSA) is 62.6 Å². The van der Waals surface area contributed by atoms with Crippen LogP contribution in [0.1, 0.15) is 5.76 Å². The highest BCUT2D eigenvalue weighted by Gasteiger charge is 2.35. The summed E-state index contributed by atoms with van der Waals surface area (Å²) in [6, 6.07) is 9.00. The van der Waals surface area contributed by atoms with Gasteiger partial charge in [0.1, 0.15) is 17.2 Å². The van der Waals surface area contributed by atoms with Gasteiger partial charge in [-0.25, -0.2) is 9.29 Å². The Bertz CT molecular complexity index is 862. The number of carbonyl (C=O) groups is 2. The van der Waals surface area contributed by atoms with Gasteiger partial charge in [-0.2, -0.15) is 0 Å². The number of benzene rings is 1. The molecule has 1 aromatic heterocycles. The number of rotatable bonds is 2. The SMILES string of the molecule is O=C1NC(=S)N(c2ccccc2F)C(=O)C1=Cc1ccc(I)o1. The van der Waals surface area contributed by atoms with E-state index in [1.165, 1.54) is 24.3 Å². The zero-order valence-electron chi connectivity index (χ0n) is 11.4. The Kier molecular flexibility index (Phi) is 4.26. The van der Waals surface area contributed by atoms with Gasteiger partial charge in [-0.1, -0.05) is 12.1 Å². The molecule has 1 aromatic carbocycles. The third-order valence-corrected chi connectivity index (χ3v) is 3.94. The summed E-state index contributed by atoms with van der Waals surface area (Å²) in [4.78, 5) is 25.6. The number of anilines is 1. The van der Waals surface area contributed by atoms with E-state index in [4.69, 9.17) is 16.6 Å². The number of halogens is 2. The van der Waals surface area contributed by atoms with Crippen LogP contribution in [-0.4, -0.2) is 16.9 Å². The number of amides is 2. The molecule has 1 aliphatic heterocycles. The largest absolute Gasteiger partial charge is 0.451 e. The normalized spacial score (nSPS) is 16.9. The molecule has 8 heteroatoms. The molecule has 1 fully saturated rings. The molecule has 0 atom stereocenters. The van der Waals surface area contributed by atoms with Crippen molar-refractivity contribution in [3.8, 4) is 0 Å². The summed E-state index contributed by atoms with van der Waals surface area (Å²) in [6.45, 7) is 0. The molecule has 2 amide bonds.